The first kappa shape index (κ1) is 14.3. The van der Waals surface area contributed by atoms with Gasteiger partial charge in [-0.05, 0) is 37.8 Å². The molecule has 1 aliphatic carbocycles. The predicted molar refractivity (Wildman–Crippen MR) is 87.0 cm³/mol. The van der Waals surface area contributed by atoms with E-state index in [-0.39, 0.29) is 5.91 Å². The van der Waals surface area contributed by atoms with Crippen molar-refractivity contribution in [3.8, 4) is 0 Å². The van der Waals surface area contributed by atoms with Gasteiger partial charge in [0, 0.05) is 11.8 Å². The highest BCUT2D eigenvalue weighted by Gasteiger charge is 2.25. The zero-order valence-electron chi connectivity index (χ0n) is 12.3. The van der Waals surface area contributed by atoms with E-state index >= 15 is 0 Å². The van der Waals surface area contributed by atoms with Crippen molar-refractivity contribution < 1.29 is 4.79 Å². The van der Waals surface area contributed by atoms with Crippen LogP contribution in [0, 0.1) is 12.8 Å². The average Bonchev–Trinajstić information content (AvgIpc) is 3.13. The molecule has 0 N–H and O–H groups in total. The second-order valence-electron chi connectivity index (χ2n) is 5.69. The summed E-state index contributed by atoms with van der Waals surface area (Å²) >= 11 is 1.53. The van der Waals surface area contributed by atoms with E-state index in [1.54, 1.807) is 4.90 Å². The van der Waals surface area contributed by atoms with Crippen molar-refractivity contribution in [3.05, 3.63) is 41.4 Å². The van der Waals surface area contributed by atoms with E-state index in [1.807, 2.05) is 42.6 Å². The lowest BCUT2D eigenvalue weighted by Crippen LogP contribution is -2.27. The molecule has 0 aliphatic heterocycles. The molecule has 0 radical (unpaired) electrons. The van der Waals surface area contributed by atoms with Gasteiger partial charge in [0.15, 0.2) is 5.13 Å². The van der Waals surface area contributed by atoms with E-state index in [1.165, 1.54) is 37.0 Å². The molecule has 1 aliphatic rings. The maximum Gasteiger partial charge on any atom is 0.233 e. The second kappa shape index (κ2) is 6.39. The number of anilines is 2. The number of aryl methyl sites for hydroxylation is 1. The molecule has 1 heterocycles. The van der Waals surface area contributed by atoms with Gasteiger partial charge >= 0.3 is 0 Å². The molecule has 1 fully saturated rings. The SMILES string of the molecule is Cc1csc(N(C(=O)CC2CCCC2)c2ccccc2)n1. The number of para-hydroxylation sites is 1. The van der Waals surface area contributed by atoms with Crippen LogP contribution in [-0.2, 0) is 4.79 Å². The maximum absolute atomic E-state index is 12.8. The Morgan fingerprint density at radius 3 is 2.62 bits per heavy atom. The van der Waals surface area contributed by atoms with E-state index in [9.17, 15) is 4.79 Å². The first-order valence-corrected chi connectivity index (χ1v) is 8.42. The summed E-state index contributed by atoms with van der Waals surface area (Å²) in [4.78, 5) is 19.1. The number of carbonyl (C=O) groups is 1. The Kier molecular flexibility index (Phi) is 4.34. The summed E-state index contributed by atoms with van der Waals surface area (Å²) in [5, 5.41) is 2.77. The van der Waals surface area contributed by atoms with Gasteiger partial charge in [-0.3, -0.25) is 9.69 Å². The van der Waals surface area contributed by atoms with Gasteiger partial charge in [0.1, 0.15) is 0 Å². The van der Waals surface area contributed by atoms with Gasteiger partial charge in [-0.2, -0.15) is 0 Å². The van der Waals surface area contributed by atoms with Crippen LogP contribution in [0.3, 0.4) is 0 Å². The summed E-state index contributed by atoms with van der Waals surface area (Å²) in [6, 6.07) is 9.85. The van der Waals surface area contributed by atoms with Crippen LogP contribution in [0.2, 0.25) is 0 Å². The number of benzene rings is 1. The normalized spacial score (nSPS) is 15.3. The lowest BCUT2D eigenvalue weighted by molar-refractivity contribution is -0.118. The zero-order chi connectivity index (χ0) is 14.7. The van der Waals surface area contributed by atoms with Gasteiger partial charge < -0.3 is 0 Å². The third kappa shape index (κ3) is 3.32. The largest absolute Gasteiger partial charge is 0.274 e. The Morgan fingerprint density at radius 1 is 1.29 bits per heavy atom. The van der Waals surface area contributed by atoms with Crippen molar-refractivity contribution in [2.45, 2.75) is 39.0 Å². The summed E-state index contributed by atoms with van der Waals surface area (Å²) in [6.07, 6.45) is 5.53. The van der Waals surface area contributed by atoms with Gasteiger partial charge in [0.05, 0.1) is 11.4 Å². The Morgan fingerprint density at radius 2 is 2.00 bits per heavy atom. The average molecular weight is 300 g/mol. The molecule has 4 heteroatoms. The number of carbonyl (C=O) groups excluding carboxylic acids is 1. The van der Waals surface area contributed by atoms with Crippen LogP contribution < -0.4 is 4.90 Å². The first-order chi connectivity index (χ1) is 10.2. The maximum atomic E-state index is 12.8. The van der Waals surface area contributed by atoms with Crippen LogP contribution in [0.25, 0.3) is 0 Å². The van der Waals surface area contributed by atoms with Crippen LogP contribution in [0.4, 0.5) is 10.8 Å². The fraction of sp³-hybridized carbons (Fsp3) is 0.412. The summed E-state index contributed by atoms with van der Waals surface area (Å²) in [7, 11) is 0. The third-order valence-corrected chi connectivity index (χ3v) is 4.94. The van der Waals surface area contributed by atoms with Gasteiger partial charge in [0.25, 0.3) is 0 Å². The standard InChI is InChI=1S/C17H20N2OS/c1-13-12-21-17(18-13)19(15-9-3-2-4-10-15)16(20)11-14-7-5-6-8-14/h2-4,9-10,12,14H,5-8,11H2,1H3. The minimum atomic E-state index is 0.169. The summed E-state index contributed by atoms with van der Waals surface area (Å²) in [5.74, 6) is 0.715. The van der Waals surface area contributed by atoms with Gasteiger partial charge in [-0.15, -0.1) is 11.3 Å². The van der Waals surface area contributed by atoms with E-state index in [0.717, 1.165) is 16.5 Å². The van der Waals surface area contributed by atoms with Gasteiger partial charge in [-0.25, -0.2) is 4.98 Å². The molecule has 1 aromatic carbocycles. The molecule has 3 nitrogen and oxygen atoms in total. The molecule has 1 aromatic heterocycles. The smallest absolute Gasteiger partial charge is 0.233 e. The number of amides is 1. The molecule has 0 unspecified atom stereocenters. The molecule has 0 saturated heterocycles. The molecule has 1 amide bonds. The first-order valence-electron chi connectivity index (χ1n) is 7.54. The molecule has 1 saturated carbocycles. The molecule has 3 rings (SSSR count). The number of hydrogen-bond acceptors (Lipinski definition) is 3. The molecule has 0 atom stereocenters. The Hall–Kier alpha value is -1.68. The summed E-state index contributed by atoms with van der Waals surface area (Å²) in [5.41, 5.74) is 1.87. The number of nitrogens with zero attached hydrogens (tertiary/aromatic N) is 2. The van der Waals surface area contributed by atoms with Crippen molar-refractivity contribution in [1.82, 2.24) is 4.98 Å². The molecule has 2 aromatic rings. The van der Waals surface area contributed by atoms with Gasteiger partial charge in [0.2, 0.25) is 5.91 Å². The molecule has 21 heavy (non-hydrogen) atoms. The minimum Gasteiger partial charge on any atom is -0.274 e. The van der Waals surface area contributed by atoms with E-state index in [4.69, 9.17) is 0 Å². The Labute approximate surface area is 129 Å². The molecular weight excluding hydrogens is 280 g/mol. The van der Waals surface area contributed by atoms with Gasteiger partial charge in [-0.1, -0.05) is 31.0 Å². The van der Waals surface area contributed by atoms with Crippen LogP contribution in [0.15, 0.2) is 35.7 Å². The number of aromatic nitrogens is 1. The quantitative estimate of drug-likeness (QED) is 0.820. The van der Waals surface area contributed by atoms with Crippen LogP contribution in [0.1, 0.15) is 37.8 Å². The van der Waals surface area contributed by atoms with E-state index in [2.05, 4.69) is 4.98 Å². The lowest BCUT2D eigenvalue weighted by atomic mass is 10.0. The highest BCUT2D eigenvalue weighted by molar-refractivity contribution is 7.14. The molecule has 0 spiro atoms. The summed E-state index contributed by atoms with van der Waals surface area (Å²) in [6.45, 7) is 1.96. The number of hydrogen-bond donors (Lipinski definition) is 0. The minimum absolute atomic E-state index is 0.169. The van der Waals surface area contributed by atoms with Crippen LogP contribution >= 0.6 is 11.3 Å². The Bertz CT molecular complexity index is 602. The van der Waals surface area contributed by atoms with Crippen molar-refractivity contribution in [3.63, 3.8) is 0 Å². The van der Waals surface area contributed by atoms with Crippen molar-refractivity contribution in [1.29, 1.82) is 0 Å². The number of rotatable bonds is 4. The fourth-order valence-corrected chi connectivity index (χ4v) is 3.77. The van der Waals surface area contributed by atoms with E-state index < -0.39 is 0 Å². The number of thiazole rings is 1. The molecular formula is C17H20N2OS. The van der Waals surface area contributed by atoms with Crippen molar-refractivity contribution >= 4 is 28.1 Å². The highest BCUT2D eigenvalue weighted by Crippen LogP contribution is 2.33. The van der Waals surface area contributed by atoms with Crippen LogP contribution in [0.5, 0.6) is 0 Å². The second-order valence-corrected chi connectivity index (χ2v) is 6.53. The Balaban J connectivity index is 1.86. The van der Waals surface area contributed by atoms with Crippen molar-refractivity contribution in [2.24, 2.45) is 5.92 Å². The molecule has 0 bridgehead atoms. The van der Waals surface area contributed by atoms with Crippen LogP contribution in [-0.4, -0.2) is 10.9 Å². The monoisotopic (exact) mass is 300 g/mol. The van der Waals surface area contributed by atoms with E-state index in [0.29, 0.717) is 12.3 Å². The predicted octanol–water partition coefficient (Wildman–Crippen LogP) is 4.70. The zero-order valence-corrected chi connectivity index (χ0v) is 13.1. The third-order valence-electron chi connectivity index (χ3n) is 4.00. The van der Waals surface area contributed by atoms with Crippen molar-refractivity contribution in [2.75, 3.05) is 4.90 Å². The lowest BCUT2D eigenvalue weighted by Gasteiger charge is -2.21. The highest BCUT2D eigenvalue weighted by atomic mass is 32.1. The topological polar surface area (TPSA) is 33.2 Å². The summed E-state index contributed by atoms with van der Waals surface area (Å²) < 4.78 is 0. The molecule has 110 valence electrons. The fourth-order valence-electron chi connectivity index (χ4n) is 2.94.